The van der Waals surface area contributed by atoms with Crippen molar-refractivity contribution in [2.24, 2.45) is 22.7 Å². The summed E-state index contributed by atoms with van der Waals surface area (Å²) in [4.78, 5) is 140. The van der Waals surface area contributed by atoms with Gasteiger partial charge in [0, 0.05) is 167 Å². The maximum atomic E-state index is 14.1. The van der Waals surface area contributed by atoms with Gasteiger partial charge in [-0.2, -0.15) is 11.8 Å². The minimum atomic E-state index is -1.05. The van der Waals surface area contributed by atoms with Crippen LogP contribution in [-0.4, -0.2) is 214 Å². The van der Waals surface area contributed by atoms with Gasteiger partial charge in [-0.05, 0) is 48.5 Å². The number of nitrogens with one attached hydrogen (secondary N) is 4. The minimum absolute atomic E-state index is 0. The van der Waals surface area contributed by atoms with Crippen LogP contribution in [0.5, 0.6) is 0 Å². The zero-order valence-electron chi connectivity index (χ0n) is 44.0. The normalized spacial score (nSPS) is 18.7. The number of hydrogen-bond acceptors (Lipinski definition) is 16. The minimum Gasteiger partial charge on any atom is -0.480 e. The van der Waals surface area contributed by atoms with E-state index in [1.165, 1.54) is 16.7 Å². The number of hydrogen-bond donors (Lipinski definition) is 7. The first-order valence-electron chi connectivity index (χ1n) is 25.6. The second kappa shape index (κ2) is 34.2. The largest absolute Gasteiger partial charge is 0.480 e. The molecule has 422 valence electrons. The fourth-order valence-electron chi connectivity index (χ4n) is 8.97. The first kappa shape index (κ1) is 65.5. The Labute approximate surface area is 480 Å². The zero-order chi connectivity index (χ0) is 55.0. The van der Waals surface area contributed by atoms with Crippen molar-refractivity contribution in [2.75, 3.05) is 102 Å². The number of ketones is 2. The van der Waals surface area contributed by atoms with Gasteiger partial charge in [0.25, 0.3) is 0 Å². The third kappa shape index (κ3) is 23.5. The summed E-state index contributed by atoms with van der Waals surface area (Å²) in [5, 5.41) is 39.8. The number of nitrogens with zero attached hydrogens (tertiary/aromatic N) is 6. The van der Waals surface area contributed by atoms with E-state index in [2.05, 4.69) is 26.3 Å². The number of aliphatic carboxylic acids is 3. The van der Waals surface area contributed by atoms with Gasteiger partial charge in [0.15, 0.2) is 11.6 Å². The third-order valence-corrected chi connectivity index (χ3v) is 14.2. The predicted molar refractivity (Wildman–Crippen MR) is 281 cm³/mol. The van der Waals surface area contributed by atoms with E-state index in [1.54, 1.807) is 52.1 Å². The number of carbonyl (C=O) groups excluding carboxylic acids is 7. The first-order chi connectivity index (χ1) is 35.7. The molecule has 0 aliphatic carbocycles. The van der Waals surface area contributed by atoms with E-state index in [0.717, 1.165) is 0 Å². The van der Waals surface area contributed by atoms with Crippen LogP contribution in [0.3, 0.4) is 0 Å². The van der Waals surface area contributed by atoms with Crippen LogP contribution in [-0.2, 0) is 49.7 Å². The van der Waals surface area contributed by atoms with Crippen molar-refractivity contribution in [3.05, 3.63) is 41.6 Å². The van der Waals surface area contributed by atoms with Crippen LogP contribution in [0.15, 0.2) is 41.0 Å². The predicted octanol–water partition coefficient (Wildman–Crippen LogP) is 1.62. The summed E-state index contributed by atoms with van der Waals surface area (Å²) >= 11 is 1.49. The number of carbonyl (C=O) groups is 10. The summed E-state index contributed by atoms with van der Waals surface area (Å²) < 4.78 is 0. The number of likely N-dealkylation sites (tertiary alicyclic amines) is 1. The molecule has 5 atom stereocenters. The topological polar surface area (TPSA) is 308 Å². The summed E-state index contributed by atoms with van der Waals surface area (Å²) in [7, 11) is 0. The van der Waals surface area contributed by atoms with Crippen molar-refractivity contribution in [3.63, 3.8) is 0 Å². The molecule has 2 saturated heterocycles. The SMILES string of the molecule is CC[C@H](C)[C@H](CC(=O)[C@H](CCSC)NC(=O)Nc1ccc(CNC(=O)CN2CCN(CC(=O)O)CCN(CC(=O)O)CCN(CC(=O)O)CC2)cc1)C(=O)N[C@@H](CC1=CCC=N1)C(=O)CCCN1C(=O)CC(C)C1=O.[Gd]. The molecule has 6 amide bonds. The molecule has 1 aromatic carbocycles. The molecule has 1 unspecified atom stereocenters. The van der Waals surface area contributed by atoms with E-state index >= 15 is 0 Å². The van der Waals surface area contributed by atoms with Gasteiger partial charge in [-0.15, -0.1) is 0 Å². The van der Waals surface area contributed by atoms with Crippen LogP contribution in [0, 0.1) is 57.7 Å². The molecule has 4 rings (SSSR count). The molecule has 3 aliphatic rings. The van der Waals surface area contributed by atoms with Gasteiger partial charge >= 0.3 is 23.9 Å². The van der Waals surface area contributed by atoms with Crippen molar-refractivity contribution in [3.8, 4) is 0 Å². The molecule has 0 radical (unpaired) electrons. The Hall–Kier alpha value is -4.76. The van der Waals surface area contributed by atoms with Gasteiger partial charge < -0.3 is 36.6 Å². The fourth-order valence-corrected chi connectivity index (χ4v) is 9.44. The second-order valence-electron chi connectivity index (χ2n) is 19.4. The van der Waals surface area contributed by atoms with Crippen LogP contribution in [0.2, 0.25) is 0 Å². The average Bonchev–Trinajstić information content (AvgIpc) is 3.96. The number of aliphatic imine (C=N–C) groups is 1. The van der Waals surface area contributed by atoms with Crippen molar-refractivity contribution in [1.82, 2.24) is 40.4 Å². The molecule has 7 N–H and O–H groups in total. The summed E-state index contributed by atoms with van der Waals surface area (Å²) in [5.41, 5.74) is 1.76. The van der Waals surface area contributed by atoms with E-state index in [4.69, 9.17) is 0 Å². The Morgan fingerprint density at radius 2 is 1.33 bits per heavy atom. The van der Waals surface area contributed by atoms with Gasteiger partial charge in [-0.25, -0.2) is 4.79 Å². The molecule has 1 aromatic rings. The Morgan fingerprint density at radius 3 is 1.80 bits per heavy atom. The number of Topliss-reactive ketones (excluding diaryl/α,β-unsaturated/α-hetero) is 2. The Balaban J connectivity index is 0.0000152. The standard InChI is InChI=1S/C51H76N10O13S.Gd/c1-5-34(2)39(49(72)55-41(27-38-8-6-15-52-38)42(62)9-7-16-61-45(65)26-35(3)50(61)73)28-43(63)40(14-25-75-4)56-51(74)54-37-12-10-36(11-13-37)29-53-44(64)30-57-17-19-58(31-46(66)67)21-23-60(33-48(70)71)24-22-59(20-18-57)32-47(68)69;/h8,10-13,15,34-35,39-41H,5-7,9,14,16-33H2,1-4H3,(H,53,64)(H,55,72)(H,66,67)(H,68,69)(H,70,71)(H2,54,56,74);/t34-,35?,39-,40-,41-;/m0./s1. The average molecular weight is 1230 g/mol. The molecule has 0 saturated carbocycles. The first-order valence-corrected chi connectivity index (χ1v) is 27.0. The Bertz CT molecular complexity index is 2210. The van der Waals surface area contributed by atoms with Crippen LogP contribution < -0.4 is 21.3 Å². The van der Waals surface area contributed by atoms with Crippen LogP contribution in [0.25, 0.3) is 0 Å². The molecular weight excluding hydrogens is 1150 g/mol. The van der Waals surface area contributed by atoms with Gasteiger partial charge in [-0.1, -0.05) is 45.4 Å². The molecule has 0 aromatic heterocycles. The Kier molecular flexibility index (Phi) is 29.5. The fraction of sp³-hybridized carbons (Fsp3) is 0.627. The number of benzene rings is 1. The van der Waals surface area contributed by atoms with E-state index in [0.29, 0.717) is 42.0 Å². The van der Waals surface area contributed by atoms with Gasteiger partial charge in [0.05, 0.1) is 38.3 Å². The third-order valence-electron chi connectivity index (χ3n) is 13.6. The summed E-state index contributed by atoms with van der Waals surface area (Å²) in [6, 6.07) is 4.17. The van der Waals surface area contributed by atoms with E-state index in [-0.39, 0.29) is 199 Å². The number of rotatable bonds is 29. The monoisotopic (exact) mass is 1230 g/mol. The zero-order valence-corrected chi connectivity index (χ0v) is 47.1. The van der Waals surface area contributed by atoms with E-state index < -0.39 is 53.8 Å². The van der Waals surface area contributed by atoms with Gasteiger partial charge in [0.1, 0.15) is 0 Å². The number of carboxylic acid groups (broad SMARTS) is 3. The molecule has 23 nitrogen and oxygen atoms in total. The maximum Gasteiger partial charge on any atom is 0.319 e. The molecule has 2 fully saturated rings. The molecular formula is C51H76GdN10O13S. The number of allylic oxidation sites excluding steroid dienone is 1. The number of thioether (sulfide) groups is 1. The maximum absolute atomic E-state index is 14.1. The summed E-state index contributed by atoms with van der Waals surface area (Å²) in [5.74, 6) is -6.07. The second-order valence-corrected chi connectivity index (χ2v) is 20.4. The summed E-state index contributed by atoms with van der Waals surface area (Å²) in [6.45, 7) is 6.89. The van der Waals surface area contributed by atoms with Crippen LogP contribution in [0.4, 0.5) is 10.5 Å². The number of urea groups is 1. The number of imide groups is 1. The van der Waals surface area contributed by atoms with E-state index in [9.17, 15) is 63.3 Å². The van der Waals surface area contributed by atoms with Crippen LogP contribution >= 0.6 is 11.8 Å². The molecule has 25 heteroatoms. The number of anilines is 1. The summed E-state index contributed by atoms with van der Waals surface area (Å²) in [6.07, 6.45) is 7.22. The smallest absolute Gasteiger partial charge is 0.319 e. The Morgan fingerprint density at radius 1 is 0.776 bits per heavy atom. The van der Waals surface area contributed by atoms with Gasteiger partial charge in [0.2, 0.25) is 23.6 Å². The van der Waals surface area contributed by atoms with Crippen molar-refractivity contribution in [1.29, 1.82) is 0 Å². The number of carboxylic acids is 3. The molecule has 0 spiro atoms. The van der Waals surface area contributed by atoms with Crippen molar-refractivity contribution >= 4 is 82.8 Å². The van der Waals surface area contributed by atoms with Crippen molar-refractivity contribution in [2.45, 2.75) is 90.8 Å². The molecule has 0 bridgehead atoms. The van der Waals surface area contributed by atoms with Gasteiger partial charge in [-0.3, -0.25) is 72.6 Å². The molecule has 3 aliphatic heterocycles. The molecule has 76 heavy (non-hydrogen) atoms. The van der Waals surface area contributed by atoms with Crippen molar-refractivity contribution < 1.29 is 103 Å². The van der Waals surface area contributed by atoms with Crippen LogP contribution in [0.1, 0.15) is 77.7 Å². The van der Waals surface area contributed by atoms with E-state index in [1.807, 2.05) is 31.1 Å². The molecule has 3 heterocycles. The number of amides is 6. The quantitative estimate of drug-likeness (QED) is 0.0561.